The third-order valence-corrected chi connectivity index (χ3v) is 11.1. The van der Waals surface area contributed by atoms with Crippen molar-refractivity contribution in [1.82, 2.24) is 9.97 Å². The lowest BCUT2D eigenvalue weighted by Crippen LogP contribution is -2.14. The van der Waals surface area contributed by atoms with Crippen LogP contribution in [-0.2, 0) is 5.41 Å². The number of rotatable bonds is 5. The molecule has 9 aromatic rings. The minimum Gasteiger partial charge on any atom is -0.228 e. The van der Waals surface area contributed by atoms with Crippen molar-refractivity contribution in [3.8, 4) is 67.3 Å². The van der Waals surface area contributed by atoms with E-state index in [0.717, 1.165) is 33.5 Å². The lowest BCUT2D eigenvalue weighted by Gasteiger charge is -2.21. The Kier molecular flexibility index (Phi) is 7.19. The van der Waals surface area contributed by atoms with E-state index in [-0.39, 0.29) is 5.41 Å². The zero-order valence-electron chi connectivity index (χ0n) is 29.7. The summed E-state index contributed by atoms with van der Waals surface area (Å²) < 4.78 is 0. The molecule has 250 valence electrons. The molecular weight excluding hydrogens is 641 g/mol. The second-order valence-corrected chi connectivity index (χ2v) is 14.6. The van der Waals surface area contributed by atoms with Crippen LogP contribution >= 0.6 is 0 Å². The third kappa shape index (κ3) is 5.18. The predicted octanol–water partition coefficient (Wildman–Crippen LogP) is 13.4. The van der Waals surface area contributed by atoms with Crippen molar-refractivity contribution in [3.05, 3.63) is 193 Å². The minimum atomic E-state index is -0.0254. The van der Waals surface area contributed by atoms with Crippen molar-refractivity contribution in [1.29, 1.82) is 0 Å². The highest BCUT2D eigenvalue weighted by molar-refractivity contribution is 6.05. The monoisotopic (exact) mass is 676 g/mol. The van der Waals surface area contributed by atoms with Crippen LogP contribution in [0.4, 0.5) is 0 Å². The minimum absolute atomic E-state index is 0.0254. The summed E-state index contributed by atoms with van der Waals surface area (Å²) in [5.41, 5.74) is 15.2. The molecule has 1 aliphatic carbocycles. The molecule has 1 aromatic heterocycles. The number of fused-ring (bicyclic) bond motifs is 5. The van der Waals surface area contributed by atoms with Gasteiger partial charge < -0.3 is 0 Å². The van der Waals surface area contributed by atoms with E-state index in [4.69, 9.17) is 9.97 Å². The Hall–Kier alpha value is -6.64. The van der Waals surface area contributed by atoms with Crippen LogP contribution < -0.4 is 0 Å². The molecule has 0 saturated heterocycles. The van der Waals surface area contributed by atoms with Gasteiger partial charge in [-0.05, 0) is 84.3 Å². The predicted molar refractivity (Wildman–Crippen MR) is 222 cm³/mol. The van der Waals surface area contributed by atoms with E-state index in [1.165, 1.54) is 60.7 Å². The maximum absolute atomic E-state index is 5.34. The maximum atomic E-state index is 5.34. The summed E-state index contributed by atoms with van der Waals surface area (Å²) >= 11 is 0. The molecule has 0 radical (unpaired) electrons. The van der Waals surface area contributed by atoms with Gasteiger partial charge in [-0.2, -0.15) is 0 Å². The first-order valence-electron chi connectivity index (χ1n) is 18.3. The molecule has 1 aliphatic rings. The van der Waals surface area contributed by atoms with Gasteiger partial charge in [0.2, 0.25) is 0 Å². The molecule has 2 nitrogen and oxygen atoms in total. The number of hydrogen-bond donors (Lipinski definition) is 0. The first-order valence-corrected chi connectivity index (χ1v) is 18.3. The summed E-state index contributed by atoms with van der Waals surface area (Å²) in [6.45, 7) is 4.67. The molecule has 0 aliphatic heterocycles. The van der Waals surface area contributed by atoms with Crippen LogP contribution in [0.5, 0.6) is 0 Å². The van der Waals surface area contributed by atoms with Crippen molar-refractivity contribution in [3.63, 3.8) is 0 Å². The highest BCUT2D eigenvalue weighted by atomic mass is 14.9. The first-order chi connectivity index (χ1) is 26.0. The lowest BCUT2D eigenvalue weighted by atomic mass is 9.82. The van der Waals surface area contributed by atoms with Gasteiger partial charge in [-0.25, -0.2) is 9.97 Å². The molecule has 0 spiro atoms. The molecular formula is C51H36N2. The van der Waals surface area contributed by atoms with Crippen molar-refractivity contribution in [2.24, 2.45) is 0 Å². The van der Waals surface area contributed by atoms with Gasteiger partial charge >= 0.3 is 0 Å². The fourth-order valence-electron chi connectivity index (χ4n) is 8.40. The highest BCUT2D eigenvalue weighted by Gasteiger charge is 2.35. The van der Waals surface area contributed by atoms with Gasteiger partial charge in [0, 0.05) is 22.1 Å². The van der Waals surface area contributed by atoms with E-state index < -0.39 is 0 Å². The largest absolute Gasteiger partial charge is 0.228 e. The standard InChI is InChI=1S/C51H36N2/c1-51(2)46-22-11-10-20-42(46)45-31-37(27-30-47(45)51)39-28-29-44(41-19-9-8-18-40(39)41)50-52-48(36-25-23-34(24-26-36)33-13-4-3-5-14-33)32-49(53-50)43-21-12-16-35-15-6-7-17-38(35)43/h3-32H,1-2H3. The zero-order chi connectivity index (χ0) is 35.5. The molecule has 0 fully saturated rings. The lowest BCUT2D eigenvalue weighted by molar-refractivity contribution is 0.660. The second kappa shape index (κ2) is 12.3. The topological polar surface area (TPSA) is 25.8 Å². The van der Waals surface area contributed by atoms with Gasteiger partial charge in [0.15, 0.2) is 5.82 Å². The van der Waals surface area contributed by atoms with Crippen LogP contribution in [0.25, 0.3) is 88.8 Å². The van der Waals surface area contributed by atoms with E-state index >= 15 is 0 Å². The smallest absolute Gasteiger partial charge is 0.161 e. The molecule has 0 N–H and O–H groups in total. The number of nitrogens with zero attached hydrogens (tertiary/aromatic N) is 2. The van der Waals surface area contributed by atoms with Crippen LogP contribution in [-0.4, -0.2) is 9.97 Å². The second-order valence-electron chi connectivity index (χ2n) is 14.6. The number of hydrogen-bond acceptors (Lipinski definition) is 2. The van der Waals surface area contributed by atoms with Crippen LogP contribution in [0.15, 0.2) is 182 Å². The molecule has 0 bridgehead atoms. The van der Waals surface area contributed by atoms with Crippen LogP contribution in [0.2, 0.25) is 0 Å². The molecule has 0 amide bonds. The molecule has 10 rings (SSSR count). The van der Waals surface area contributed by atoms with Crippen molar-refractivity contribution >= 4 is 21.5 Å². The van der Waals surface area contributed by atoms with Crippen LogP contribution in [0.3, 0.4) is 0 Å². The summed E-state index contributed by atoms with van der Waals surface area (Å²) in [5, 5.41) is 4.68. The molecule has 0 saturated carbocycles. The van der Waals surface area contributed by atoms with Gasteiger partial charge in [-0.15, -0.1) is 0 Å². The average Bonchev–Trinajstić information content (AvgIpc) is 3.45. The Labute approximate surface area is 310 Å². The molecule has 53 heavy (non-hydrogen) atoms. The number of aromatic nitrogens is 2. The normalized spacial score (nSPS) is 12.9. The van der Waals surface area contributed by atoms with Gasteiger partial charge in [-0.3, -0.25) is 0 Å². The fraction of sp³-hybridized carbons (Fsp3) is 0.0588. The maximum Gasteiger partial charge on any atom is 0.161 e. The Bertz CT molecular complexity index is 2840. The third-order valence-electron chi connectivity index (χ3n) is 11.1. The van der Waals surface area contributed by atoms with Crippen molar-refractivity contribution < 1.29 is 0 Å². The highest BCUT2D eigenvalue weighted by Crippen LogP contribution is 2.50. The molecule has 2 heteroatoms. The fourth-order valence-corrected chi connectivity index (χ4v) is 8.40. The summed E-state index contributed by atoms with van der Waals surface area (Å²) in [4.78, 5) is 10.7. The average molecular weight is 677 g/mol. The van der Waals surface area contributed by atoms with E-state index in [0.29, 0.717) is 5.82 Å². The van der Waals surface area contributed by atoms with Crippen LogP contribution in [0, 0.1) is 0 Å². The summed E-state index contributed by atoms with van der Waals surface area (Å²) in [7, 11) is 0. The Morgan fingerprint density at radius 2 is 0.906 bits per heavy atom. The Balaban J connectivity index is 1.14. The molecule has 1 heterocycles. The van der Waals surface area contributed by atoms with Crippen molar-refractivity contribution in [2.45, 2.75) is 19.3 Å². The summed E-state index contributed by atoms with van der Waals surface area (Å²) in [6, 6.07) is 65.4. The SMILES string of the molecule is CC1(C)c2ccccc2-c2cc(-c3ccc(-c4nc(-c5ccc(-c6ccccc6)cc5)cc(-c5cccc6ccccc56)n4)c4ccccc34)ccc21. The number of benzene rings is 8. The van der Waals surface area contributed by atoms with Gasteiger partial charge in [-0.1, -0.05) is 178 Å². The Morgan fingerprint density at radius 1 is 0.340 bits per heavy atom. The van der Waals surface area contributed by atoms with Crippen molar-refractivity contribution in [2.75, 3.05) is 0 Å². The first kappa shape index (κ1) is 31.1. The quantitative estimate of drug-likeness (QED) is 0.181. The van der Waals surface area contributed by atoms with Gasteiger partial charge in [0.25, 0.3) is 0 Å². The van der Waals surface area contributed by atoms with Gasteiger partial charge in [0.05, 0.1) is 11.4 Å². The van der Waals surface area contributed by atoms with E-state index in [1.807, 2.05) is 0 Å². The van der Waals surface area contributed by atoms with E-state index in [9.17, 15) is 0 Å². The van der Waals surface area contributed by atoms with E-state index in [2.05, 4.69) is 196 Å². The van der Waals surface area contributed by atoms with Crippen LogP contribution in [0.1, 0.15) is 25.0 Å². The Morgan fingerprint density at radius 3 is 1.74 bits per heavy atom. The molecule has 0 unspecified atom stereocenters. The molecule has 0 atom stereocenters. The summed E-state index contributed by atoms with van der Waals surface area (Å²) in [5.74, 6) is 0.713. The summed E-state index contributed by atoms with van der Waals surface area (Å²) in [6.07, 6.45) is 0. The molecule has 8 aromatic carbocycles. The zero-order valence-corrected chi connectivity index (χ0v) is 29.7. The van der Waals surface area contributed by atoms with E-state index in [1.54, 1.807) is 0 Å². The van der Waals surface area contributed by atoms with Gasteiger partial charge in [0.1, 0.15) is 0 Å².